The minimum absolute atomic E-state index is 0.126. The minimum atomic E-state index is -3.67. The molecule has 2 aromatic carbocycles. The number of amides is 1. The molecule has 0 aliphatic carbocycles. The summed E-state index contributed by atoms with van der Waals surface area (Å²) in [6.45, 7) is 0. The van der Waals surface area contributed by atoms with Crippen LogP contribution in [-0.4, -0.2) is 25.6 Å². The molecule has 10 heteroatoms. The van der Waals surface area contributed by atoms with Crippen molar-refractivity contribution in [1.29, 1.82) is 0 Å². The van der Waals surface area contributed by atoms with E-state index in [9.17, 15) is 22.0 Å². The molecule has 6 nitrogen and oxygen atoms in total. The summed E-state index contributed by atoms with van der Waals surface area (Å²) >= 11 is 1.21. The number of carbonyl (C=O) groups excluding carboxylic acids is 1. The van der Waals surface area contributed by atoms with Gasteiger partial charge in [0.1, 0.15) is 22.3 Å². The predicted molar refractivity (Wildman–Crippen MR) is 100 cm³/mol. The highest BCUT2D eigenvalue weighted by atomic mass is 32.2. The highest BCUT2D eigenvalue weighted by Crippen LogP contribution is 2.25. The van der Waals surface area contributed by atoms with Gasteiger partial charge in [-0.2, -0.15) is 0 Å². The molecule has 2 N–H and O–H groups in total. The molecular formula is C17H13F2N3O3S2. The lowest BCUT2D eigenvalue weighted by Crippen LogP contribution is -2.14. The second-order valence-corrected chi connectivity index (χ2v) is 8.17. The van der Waals surface area contributed by atoms with Crippen molar-refractivity contribution in [1.82, 2.24) is 4.98 Å². The highest BCUT2D eigenvalue weighted by Gasteiger charge is 2.14. The lowest BCUT2D eigenvalue weighted by Gasteiger charge is -2.08. The first-order chi connectivity index (χ1) is 12.7. The molecule has 0 spiro atoms. The van der Waals surface area contributed by atoms with Crippen LogP contribution in [0.5, 0.6) is 0 Å². The molecule has 1 heterocycles. The zero-order valence-electron chi connectivity index (χ0n) is 13.9. The van der Waals surface area contributed by atoms with Crippen LogP contribution in [0.15, 0.2) is 47.8 Å². The van der Waals surface area contributed by atoms with Crippen molar-refractivity contribution in [3.63, 3.8) is 0 Å². The topological polar surface area (TPSA) is 88.2 Å². The summed E-state index contributed by atoms with van der Waals surface area (Å²) in [5.74, 6) is -1.69. The number of rotatable bonds is 5. The number of thiazole rings is 1. The van der Waals surface area contributed by atoms with E-state index in [4.69, 9.17) is 0 Å². The Hall–Kier alpha value is -2.85. The van der Waals surface area contributed by atoms with Gasteiger partial charge in [0.05, 0.1) is 11.9 Å². The van der Waals surface area contributed by atoms with Gasteiger partial charge in [0.2, 0.25) is 10.0 Å². The summed E-state index contributed by atoms with van der Waals surface area (Å²) in [7, 11) is -3.67. The van der Waals surface area contributed by atoms with Crippen LogP contribution in [0, 0.1) is 11.6 Å². The summed E-state index contributed by atoms with van der Waals surface area (Å²) in [4.78, 5) is 16.5. The summed E-state index contributed by atoms with van der Waals surface area (Å²) in [6, 6.07) is 9.21. The molecule has 0 radical (unpaired) electrons. The van der Waals surface area contributed by atoms with Crippen LogP contribution in [0.1, 0.15) is 10.5 Å². The van der Waals surface area contributed by atoms with Crippen molar-refractivity contribution in [3.05, 3.63) is 65.2 Å². The molecule has 1 amide bonds. The van der Waals surface area contributed by atoms with Crippen molar-refractivity contribution >= 4 is 38.6 Å². The standard InChI is InChI=1S/C17H13F2N3O3S2/c1-27(24,25)22-14-8-12(6-7-13(14)19)20-16(23)15-9-26-17(21-15)10-2-4-11(18)5-3-10/h2-9,22H,1H3,(H,20,23). The zero-order valence-corrected chi connectivity index (χ0v) is 15.5. The van der Waals surface area contributed by atoms with E-state index in [2.05, 4.69) is 10.3 Å². The Morgan fingerprint density at radius 2 is 1.81 bits per heavy atom. The quantitative estimate of drug-likeness (QED) is 0.672. The Labute approximate surface area is 157 Å². The number of carbonyl (C=O) groups is 1. The van der Waals surface area contributed by atoms with E-state index >= 15 is 0 Å². The van der Waals surface area contributed by atoms with Crippen LogP contribution in [0.3, 0.4) is 0 Å². The maximum absolute atomic E-state index is 13.7. The number of nitrogens with zero attached hydrogens (tertiary/aromatic N) is 1. The van der Waals surface area contributed by atoms with Crippen molar-refractivity contribution in [3.8, 4) is 10.6 Å². The van der Waals surface area contributed by atoms with Gasteiger partial charge in [-0.15, -0.1) is 11.3 Å². The van der Waals surface area contributed by atoms with Crippen LogP contribution < -0.4 is 10.0 Å². The van der Waals surface area contributed by atoms with Crippen molar-refractivity contribution in [2.75, 3.05) is 16.3 Å². The number of hydrogen-bond donors (Lipinski definition) is 2. The van der Waals surface area contributed by atoms with Gasteiger partial charge in [-0.05, 0) is 42.5 Å². The third kappa shape index (κ3) is 4.86. The van der Waals surface area contributed by atoms with E-state index < -0.39 is 21.7 Å². The Morgan fingerprint density at radius 1 is 1.11 bits per heavy atom. The number of aromatic nitrogens is 1. The molecular weight excluding hydrogens is 396 g/mol. The van der Waals surface area contributed by atoms with E-state index in [0.29, 0.717) is 10.6 Å². The lowest BCUT2D eigenvalue weighted by atomic mass is 10.2. The summed E-state index contributed by atoms with van der Waals surface area (Å²) < 4.78 is 51.3. The lowest BCUT2D eigenvalue weighted by molar-refractivity contribution is 0.102. The average Bonchev–Trinajstić information content (AvgIpc) is 3.07. The number of nitrogens with one attached hydrogen (secondary N) is 2. The Bertz CT molecular complexity index is 1100. The van der Waals surface area contributed by atoms with Crippen LogP contribution >= 0.6 is 11.3 Å². The number of benzene rings is 2. The summed E-state index contributed by atoms with van der Waals surface area (Å²) in [6.07, 6.45) is 0.893. The van der Waals surface area contributed by atoms with Gasteiger partial charge >= 0.3 is 0 Å². The first-order valence-corrected chi connectivity index (χ1v) is 10.3. The molecule has 0 bridgehead atoms. The van der Waals surface area contributed by atoms with E-state index in [0.717, 1.165) is 12.3 Å². The van der Waals surface area contributed by atoms with Crippen LogP contribution in [0.25, 0.3) is 10.6 Å². The number of hydrogen-bond acceptors (Lipinski definition) is 5. The molecule has 0 fully saturated rings. The number of sulfonamides is 1. The van der Waals surface area contributed by atoms with Gasteiger partial charge in [-0.3, -0.25) is 9.52 Å². The molecule has 3 rings (SSSR count). The normalized spacial score (nSPS) is 11.2. The van der Waals surface area contributed by atoms with E-state index in [1.807, 2.05) is 4.72 Å². The first-order valence-electron chi connectivity index (χ1n) is 7.51. The fraction of sp³-hybridized carbons (Fsp3) is 0.0588. The van der Waals surface area contributed by atoms with Crippen molar-refractivity contribution in [2.45, 2.75) is 0 Å². The molecule has 0 atom stereocenters. The molecule has 0 saturated heterocycles. The molecule has 0 aliphatic rings. The minimum Gasteiger partial charge on any atom is -0.321 e. The maximum Gasteiger partial charge on any atom is 0.275 e. The fourth-order valence-electron chi connectivity index (χ4n) is 2.18. The molecule has 0 saturated carbocycles. The van der Waals surface area contributed by atoms with Crippen LogP contribution in [0.2, 0.25) is 0 Å². The fourth-order valence-corrected chi connectivity index (χ4v) is 3.54. The van der Waals surface area contributed by atoms with Gasteiger partial charge in [-0.1, -0.05) is 0 Å². The van der Waals surface area contributed by atoms with Gasteiger partial charge in [0.15, 0.2) is 0 Å². The zero-order chi connectivity index (χ0) is 19.6. The third-order valence-corrected chi connectivity index (χ3v) is 4.83. The summed E-state index contributed by atoms with van der Waals surface area (Å²) in [5, 5.41) is 4.60. The molecule has 0 unspecified atom stereocenters. The maximum atomic E-state index is 13.7. The van der Waals surface area contributed by atoms with Gasteiger partial charge in [-0.25, -0.2) is 22.2 Å². The Kier molecular flexibility index (Phi) is 5.19. The third-order valence-electron chi connectivity index (χ3n) is 3.35. The number of halogens is 2. The molecule has 27 heavy (non-hydrogen) atoms. The molecule has 1 aromatic heterocycles. The van der Waals surface area contributed by atoms with Gasteiger partial charge in [0, 0.05) is 16.6 Å². The monoisotopic (exact) mass is 409 g/mol. The predicted octanol–water partition coefficient (Wildman–Crippen LogP) is 3.71. The van der Waals surface area contributed by atoms with Gasteiger partial charge in [0.25, 0.3) is 5.91 Å². The second-order valence-electron chi connectivity index (χ2n) is 5.57. The first kappa shape index (κ1) is 18.9. The average molecular weight is 409 g/mol. The smallest absolute Gasteiger partial charge is 0.275 e. The van der Waals surface area contributed by atoms with E-state index in [1.54, 1.807) is 12.1 Å². The Morgan fingerprint density at radius 3 is 2.48 bits per heavy atom. The van der Waals surface area contributed by atoms with E-state index in [1.165, 1.54) is 41.0 Å². The van der Waals surface area contributed by atoms with E-state index in [-0.39, 0.29) is 22.9 Å². The summed E-state index contributed by atoms with van der Waals surface area (Å²) in [5.41, 5.74) is 0.715. The molecule has 0 aliphatic heterocycles. The van der Waals surface area contributed by atoms with Crippen molar-refractivity contribution < 1.29 is 22.0 Å². The largest absolute Gasteiger partial charge is 0.321 e. The number of anilines is 2. The highest BCUT2D eigenvalue weighted by molar-refractivity contribution is 7.92. The van der Waals surface area contributed by atoms with Crippen LogP contribution in [0.4, 0.5) is 20.2 Å². The van der Waals surface area contributed by atoms with Crippen molar-refractivity contribution in [2.24, 2.45) is 0 Å². The molecule has 3 aromatic rings. The SMILES string of the molecule is CS(=O)(=O)Nc1cc(NC(=O)c2csc(-c3ccc(F)cc3)n2)ccc1F. The second kappa shape index (κ2) is 7.41. The Balaban J connectivity index is 1.78. The van der Waals surface area contributed by atoms with Crippen LogP contribution in [-0.2, 0) is 10.0 Å². The molecule has 140 valence electrons. The van der Waals surface area contributed by atoms with Gasteiger partial charge < -0.3 is 5.32 Å².